The second-order valence-corrected chi connectivity index (χ2v) is 7.39. The number of fused-ring (bicyclic) bond motifs is 1. The number of hydrogen-bond acceptors (Lipinski definition) is 7. The van der Waals surface area contributed by atoms with E-state index in [-0.39, 0.29) is 24.9 Å². The highest BCUT2D eigenvalue weighted by atomic mass is 19.3. The Morgan fingerprint density at radius 1 is 1.33 bits per heavy atom. The van der Waals surface area contributed by atoms with E-state index in [9.17, 15) is 18.7 Å². The molecule has 0 aliphatic heterocycles. The van der Waals surface area contributed by atoms with Crippen molar-refractivity contribution in [3.05, 3.63) is 41.2 Å². The van der Waals surface area contributed by atoms with Gasteiger partial charge in [0.2, 0.25) is 5.88 Å². The highest BCUT2D eigenvalue weighted by Crippen LogP contribution is 2.34. The number of nitrogens with zero attached hydrogens (tertiary/aromatic N) is 5. The van der Waals surface area contributed by atoms with Gasteiger partial charge < -0.3 is 19.7 Å². The number of alkyl halides is 2. The number of rotatable bonds is 7. The summed E-state index contributed by atoms with van der Waals surface area (Å²) < 4.78 is 31.3. The Bertz CT molecular complexity index is 1110. The van der Waals surface area contributed by atoms with Gasteiger partial charge in [0, 0.05) is 24.5 Å². The quantitative estimate of drug-likeness (QED) is 0.601. The summed E-state index contributed by atoms with van der Waals surface area (Å²) in [5.74, 6) is -0.581. The maximum atomic E-state index is 12.7. The van der Waals surface area contributed by atoms with Gasteiger partial charge in [-0.05, 0) is 26.7 Å². The van der Waals surface area contributed by atoms with Crippen molar-refractivity contribution in [1.29, 1.82) is 0 Å². The summed E-state index contributed by atoms with van der Waals surface area (Å²) in [6, 6.07) is 0. The van der Waals surface area contributed by atoms with Gasteiger partial charge in [-0.2, -0.15) is 8.78 Å². The van der Waals surface area contributed by atoms with E-state index in [1.807, 2.05) is 0 Å². The lowest BCUT2D eigenvalue weighted by Crippen LogP contribution is -2.33. The van der Waals surface area contributed by atoms with Crippen LogP contribution in [0.2, 0.25) is 0 Å². The summed E-state index contributed by atoms with van der Waals surface area (Å²) in [7, 11) is 0. The molecule has 0 bridgehead atoms. The number of ether oxygens (including phenoxy) is 1. The van der Waals surface area contributed by atoms with Crippen molar-refractivity contribution >= 4 is 17.1 Å². The first kappa shape index (κ1) is 20.1. The summed E-state index contributed by atoms with van der Waals surface area (Å²) in [4.78, 5) is 29.4. The fraction of sp³-hybridized carbons (Fsp3) is 0.421. The van der Waals surface area contributed by atoms with Crippen molar-refractivity contribution < 1.29 is 23.4 Å². The van der Waals surface area contributed by atoms with E-state index in [0.717, 1.165) is 6.33 Å². The molecule has 3 aromatic heterocycles. The van der Waals surface area contributed by atoms with Gasteiger partial charge in [-0.1, -0.05) is 0 Å². The number of hydrogen-bond donors (Lipinski definition) is 2. The van der Waals surface area contributed by atoms with E-state index in [1.165, 1.54) is 0 Å². The van der Waals surface area contributed by atoms with E-state index in [4.69, 9.17) is 0 Å². The van der Waals surface area contributed by atoms with Gasteiger partial charge in [-0.3, -0.25) is 9.78 Å². The maximum Gasteiger partial charge on any atom is 0.388 e. The molecule has 2 N–H and O–H groups in total. The summed E-state index contributed by atoms with van der Waals surface area (Å²) in [6.07, 6.45) is 5.61. The van der Waals surface area contributed by atoms with E-state index >= 15 is 0 Å². The van der Waals surface area contributed by atoms with Crippen molar-refractivity contribution in [2.45, 2.75) is 45.4 Å². The van der Waals surface area contributed by atoms with Gasteiger partial charge in [0.1, 0.15) is 11.8 Å². The predicted molar refractivity (Wildman–Crippen MR) is 101 cm³/mol. The molecule has 1 aliphatic rings. The summed E-state index contributed by atoms with van der Waals surface area (Å²) in [6.45, 7) is 0.677. The summed E-state index contributed by atoms with van der Waals surface area (Å²) in [5.41, 5.74) is 1.80. The minimum atomic E-state index is -3.00. The Morgan fingerprint density at radius 2 is 2.10 bits per heavy atom. The Morgan fingerprint density at radius 3 is 2.80 bits per heavy atom. The molecule has 9 nitrogen and oxygen atoms in total. The van der Waals surface area contributed by atoms with E-state index in [2.05, 4.69) is 30.0 Å². The van der Waals surface area contributed by atoms with E-state index in [1.54, 1.807) is 30.8 Å². The van der Waals surface area contributed by atoms with E-state index in [0.29, 0.717) is 46.5 Å². The van der Waals surface area contributed by atoms with Crippen LogP contribution in [0.25, 0.3) is 11.2 Å². The highest BCUT2D eigenvalue weighted by Gasteiger charge is 2.40. The second-order valence-electron chi connectivity index (χ2n) is 7.39. The van der Waals surface area contributed by atoms with Crippen molar-refractivity contribution in [3.63, 3.8) is 0 Å². The van der Waals surface area contributed by atoms with Crippen LogP contribution in [-0.2, 0) is 6.54 Å². The molecule has 30 heavy (non-hydrogen) atoms. The lowest BCUT2D eigenvalue weighted by molar-refractivity contribution is -0.0534. The Kier molecular flexibility index (Phi) is 5.06. The van der Waals surface area contributed by atoms with Crippen LogP contribution < -0.4 is 10.1 Å². The molecule has 0 unspecified atom stereocenters. The molecule has 1 aliphatic carbocycles. The first-order valence-corrected chi connectivity index (χ1v) is 9.34. The number of halogens is 2. The molecular formula is C19H20F2N6O3. The number of aryl methyl sites for hydroxylation is 1. The number of amides is 1. The number of aromatic nitrogens is 5. The van der Waals surface area contributed by atoms with Gasteiger partial charge in [0.15, 0.2) is 5.65 Å². The Hall–Kier alpha value is -3.21. The number of nitrogens with one attached hydrogen (secondary N) is 1. The van der Waals surface area contributed by atoms with Gasteiger partial charge in [0.25, 0.3) is 5.91 Å². The molecule has 3 heterocycles. The van der Waals surface area contributed by atoms with Crippen LogP contribution in [0.5, 0.6) is 5.88 Å². The third kappa shape index (κ3) is 4.06. The number of carbonyl (C=O) groups excluding carboxylic acids is 1. The molecule has 11 heteroatoms. The topological polar surface area (TPSA) is 115 Å². The monoisotopic (exact) mass is 418 g/mol. The third-order valence-electron chi connectivity index (χ3n) is 5.00. The predicted octanol–water partition coefficient (Wildman–Crippen LogP) is 1.74. The van der Waals surface area contributed by atoms with Gasteiger partial charge in [0.05, 0.1) is 29.1 Å². The first-order valence-electron chi connectivity index (χ1n) is 9.34. The molecule has 0 atom stereocenters. The third-order valence-corrected chi connectivity index (χ3v) is 5.00. The minimum Gasteiger partial charge on any atom is -0.417 e. The van der Waals surface area contributed by atoms with Crippen LogP contribution in [-0.4, -0.2) is 54.3 Å². The van der Waals surface area contributed by atoms with Gasteiger partial charge in [-0.25, -0.2) is 15.0 Å². The van der Waals surface area contributed by atoms with Gasteiger partial charge in [-0.15, -0.1) is 0 Å². The molecule has 4 rings (SSSR count). The first-order chi connectivity index (χ1) is 14.3. The van der Waals surface area contributed by atoms with Crippen molar-refractivity contribution in [2.24, 2.45) is 0 Å². The molecule has 0 spiro atoms. The standard InChI is InChI=1S/C19H20F2N6O3/c1-10-5-22-14-12(16(28)23-8-19(29)3-4-19)6-27(15(14)26-10)7-13-11(2)17(25-9-24-13)30-18(20)21/h5-6,9,18,29H,3-4,7-8H2,1-2H3,(H,23,28). The fourth-order valence-corrected chi connectivity index (χ4v) is 3.07. The second kappa shape index (κ2) is 7.56. The lowest BCUT2D eigenvalue weighted by atomic mass is 10.2. The molecule has 1 fully saturated rings. The summed E-state index contributed by atoms with van der Waals surface area (Å²) >= 11 is 0. The average molecular weight is 418 g/mol. The fourth-order valence-electron chi connectivity index (χ4n) is 3.07. The van der Waals surface area contributed by atoms with Crippen LogP contribution >= 0.6 is 0 Å². The van der Waals surface area contributed by atoms with Crippen LogP contribution in [0.15, 0.2) is 18.7 Å². The number of aliphatic hydroxyl groups is 1. The Balaban J connectivity index is 1.67. The van der Waals surface area contributed by atoms with E-state index < -0.39 is 12.2 Å². The molecule has 3 aromatic rings. The molecular weight excluding hydrogens is 398 g/mol. The maximum absolute atomic E-state index is 12.7. The van der Waals surface area contributed by atoms with Crippen LogP contribution in [0.3, 0.4) is 0 Å². The van der Waals surface area contributed by atoms with Crippen LogP contribution in [0.1, 0.15) is 40.2 Å². The zero-order valence-corrected chi connectivity index (χ0v) is 16.4. The number of carbonyl (C=O) groups is 1. The van der Waals surface area contributed by atoms with Gasteiger partial charge >= 0.3 is 6.61 Å². The molecule has 0 aromatic carbocycles. The molecule has 1 amide bonds. The molecule has 1 saturated carbocycles. The molecule has 0 radical (unpaired) electrons. The minimum absolute atomic E-state index is 0.153. The smallest absolute Gasteiger partial charge is 0.388 e. The zero-order chi connectivity index (χ0) is 21.5. The molecule has 0 saturated heterocycles. The Labute approximate surface area is 170 Å². The SMILES string of the molecule is Cc1cnc2c(C(=O)NCC3(O)CC3)cn(Cc3ncnc(OC(F)F)c3C)c2n1. The normalized spacial score (nSPS) is 14.9. The van der Waals surface area contributed by atoms with Crippen molar-refractivity contribution in [3.8, 4) is 5.88 Å². The molecule has 158 valence electrons. The van der Waals surface area contributed by atoms with Crippen molar-refractivity contribution in [2.75, 3.05) is 6.54 Å². The van der Waals surface area contributed by atoms with Crippen LogP contribution in [0, 0.1) is 13.8 Å². The van der Waals surface area contributed by atoms with Crippen molar-refractivity contribution in [1.82, 2.24) is 29.8 Å². The largest absolute Gasteiger partial charge is 0.417 e. The average Bonchev–Trinajstić information content (AvgIpc) is 3.33. The zero-order valence-electron chi connectivity index (χ0n) is 16.4. The summed E-state index contributed by atoms with van der Waals surface area (Å²) in [5, 5.41) is 12.7. The van der Waals surface area contributed by atoms with Crippen LogP contribution in [0.4, 0.5) is 8.78 Å². The highest BCUT2D eigenvalue weighted by molar-refractivity contribution is 6.04. The lowest BCUT2D eigenvalue weighted by Gasteiger charge is -2.11.